The molecule has 120 valence electrons. The highest BCUT2D eigenvalue weighted by atomic mass is 79.9. The van der Waals surface area contributed by atoms with E-state index < -0.39 is 5.97 Å². The van der Waals surface area contributed by atoms with E-state index in [0.29, 0.717) is 17.4 Å². The maximum absolute atomic E-state index is 12.0. The first-order valence-electron chi connectivity index (χ1n) is 7.33. The molecule has 0 spiro atoms. The summed E-state index contributed by atoms with van der Waals surface area (Å²) < 4.78 is 11.4. The van der Waals surface area contributed by atoms with E-state index in [0.717, 1.165) is 10.0 Å². The Morgan fingerprint density at radius 2 is 1.87 bits per heavy atom. The highest BCUT2D eigenvalue weighted by Crippen LogP contribution is 2.29. The van der Waals surface area contributed by atoms with Gasteiger partial charge in [0, 0.05) is 11.6 Å². The monoisotopic (exact) mass is 374 g/mol. The molecule has 0 atom stereocenters. The van der Waals surface area contributed by atoms with E-state index in [9.17, 15) is 4.79 Å². The summed E-state index contributed by atoms with van der Waals surface area (Å²) in [5, 5.41) is 0. The Labute approximate surface area is 145 Å². The minimum absolute atomic E-state index is 0.418. The van der Waals surface area contributed by atoms with Gasteiger partial charge in [0.25, 0.3) is 0 Å². The second kappa shape index (κ2) is 7.97. The summed E-state index contributed by atoms with van der Waals surface area (Å²) >= 11 is 3.44. The van der Waals surface area contributed by atoms with Crippen molar-refractivity contribution >= 4 is 28.0 Å². The molecule has 0 aliphatic carbocycles. The first-order chi connectivity index (χ1) is 11.0. The molecule has 0 bridgehead atoms. The topological polar surface area (TPSA) is 35.5 Å². The Morgan fingerprint density at radius 1 is 1.13 bits per heavy atom. The van der Waals surface area contributed by atoms with Crippen LogP contribution in [0.2, 0.25) is 0 Å². The molecule has 0 fully saturated rings. The smallest absolute Gasteiger partial charge is 0.336 e. The molecule has 4 heteroatoms. The van der Waals surface area contributed by atoms with Crippen LogP contribution in [0, 0.1) is 0 Å². The van der Waals surface area contributed by atoms with E-state index >= 15 is 0 Å². The van der Waals surface area contributed by atoms with Gasteiger partial charge in [-0.25, -0.2) is 4.79 Å². The molecule has 0 aromatic heterocycles. The summed E-state index contributed by atoms with van der Waals surface area (Å²) in [6.45, 7) is 4.23. The van der Waals surface area contributed by atoms with Crippen LogP contribution in [0.25, 0.3) is 6.08 Å². The van der Waals surface area contributed by atoms with Gasteiger partial charge in [-0.3, -0.25) is 0 Å². The van der Waals surface area contributed by atoms with Crippen molar-refractivity contribution in [3.05, 3.63) is 64.1 Å². The number of para-hydroxylation sites is 1. The Morgan fingerprint density at radius 3 is 2.52 bits per heavy atom. The van der Waals surface area contributed by atoms with Crippen molar-refractivity contribution in [1.82, 2.24) is 0 Å². The van der Waals surface area contributed by atoms with Crippen molar-refractivity contribution in [2.75, 3.05) is 7.11 Å². The molecule has 3 nitrogen and oxygen atoms in total. The molecule has 0 radical (unpaired) electrons. The van der Waals surface area contributed by atoms with Crippen molar-refractivity contribution in [1.29, 1.82) is 0 Å². The fourth-order valence-electron chi connectivity index (χ4n) is 2.06. The SMILES string of the molecule is COc1ccccc1/C=C/C(=O)Oc1ccc(C(C)C)cc1Br. The van der Waals surface area contributed by atoms with Crippen LogP contribution in [-0.4, -0.2) is 13.1 Å². The van der Waals surface area contributed by atoms with Gasteiger partial charge in [0.15, 0.2) is 0 Å². The lowest BCUT2D eigenvalue weighted by atomic mass is 10.0. The van der Waals surface area contributed by atoms with Crippen LogP contribution in [0.15, 0.2) is 53.0 Å². The number of carbonyl (C=O) groups excluding carboxylic acids is 1. The lowest BCUT2D eigenvalue weighted by molar-refractivity contribution is -0.128. The van der Waals surface area contributed by atoms with Crippen LogP contribution in [0.4, 0.5) is 0 Å². The van der Waals surface area contributed by atoms with Crippen molar-refractivity contribution < 1.29 is 14.3 Å². The summed E-state index contributed by atoms with van der Waals surface area (Å²) in [4.78, 5) is 12.0. The zero-order valence-electron chi connectivity index (χ0n) is 13.4. The minimum atomic E-state index is -0.436. The van der Waals surface area contributed by atoms with Gasteiger partial charge in [0.1, 0.15) is 11.5 Å². The van der Waals surface area contributed by atoms with Gasteiger partial charge in [-0.15, -0.1) is 0 Å². The van der Waals surface area contributed by atoms with E-state index in [1.165, 1.54) is 11.6 Å². The number of carbonyl (C=O) groups is 1. The van der Waals surface area contributed by atoms with E-state index in [-0.39, 0.29) is 0 Å². The number of hydrogen-bond donors (Lipinski definition) is 0. The molecule has 0 aliphatic rings. The first kappa shape index (κ1) is 17.3. The van der Waals surface area contributed by atoms with Crippen molar-refractivity contribution in [3.8, 4) is 11.5 Å². The Bertz CT molecular complexity index is 720. The van der Waals surface area contributed by atoms with Crippen LogP contribution >= 0.6 is 15.9 Å². The largest absolute Gasteiger partial charge is 0.496 e. The van der Waals surface area contributed by atoms with Gasteiger partial charge >= 0.3 is 5.97 Å². The normalized spacial score (nSPS) is 11.0. The van der Waals surface area contributed by atoms with Gasteiger partial charge in [-0.05, 0) is 51.7 Å². The summed E-state index contributed by atoms with van der Waals surface area (Å²) in [5.41, 5.74) is 2.00. The van der Waals surface area contributed by atoms with E-state index in [1.54, 1.807) is 19.3 Å². The van der Waals surface area contributed by atoms with E-state index in [2.05, 4.69) is 29.8 Å². The van der Waals surface area contributed by atoms with Crippen LogP contribution < -0.4 is 9.47 Å². The number of halogens is 1. The lowest BCUT2D eigenvalue weighted by Crippen LogP contribution is -2.04. The maximum atomic E-state index is 12.0. The molecular formula is C19H19BrO3. The quantitative estimate of drug-likeness (QED) is 0.409. The molecule has 0 unspecified atom stereocenters. The molecule has 0 saturated heterocycles. The highest BCUT2D eigenvalue weighted by molar-refractivity contribution is 9.10. The van der Waals surface area contributed by atoms with Crippen LogP contribution in [-0.2, 0) is 4.79 Å². The number of benzene rings is 2. The molecule has 2 aromatic rings. The molecule has 0 aliphatic heterocycles. The Balaban J connectivity index is 2.09. The van der Waals surface area contributed by atoms with Crippen molar-refractivity contribution in [2.24, 2.45) is 0 Å². The van der Waals surface area contributed by atoms with E-state index in [4.69, 9.17) is 9.47 Å². The second-order valence-electron chi connectivity index (χ2n) is 5.34. The van der Waals surface area contributed by atoms with Gasteiger partial charge in [-0.1, -0.05) is 38.1 Å². The molecule has 0 heterocycles. The summed E-state index contributed by atoms with van der Waals surface area (Å²) in [7, 11) is 1.60. The van der Waals surface area contributed by atoms with Gasteiger partial charge in [0.2, 0.25) is 0 Å². The maximum Gasteiger partial charge on any atom is 0.336 e. The van der Waals surface area contributed by atoms with Gasteiger partial charge in [0.05, 0.1) is 11.6 Å². The van der Waals surface area contributed by atoms with Crippen molar-refractivity contribution in [2.45, 2.75) is 19.8 Å². The molecule has 0 saturated carbocycles. The summed E-state index contributed by atoms with van der Waals surface area (Å²) in [6, 6.07) is 13.2. The van der Waals surface area contributed by atoms with Crippen LogP contribution in [0.3, 0.4) is 0 Å². The van der Waals surface area contributed by atoms with Gasteiger partial charge in [-0.2, -0.15) is 0 Å². The summed E-state index contributed by atoms with van der Waals surface area (Å²) in [5.74, 6) is 1.19. The van der Waals surface area contributed by atoms with Crippen LogP contribution in [0.1, 0.15) is 30.9 Å². The first-order valence-corrected chi connectivity index (χ1v) is 8.13. The van der Waals surface area contributed by atoms with Gasteiger partial charge < -0.3 is 9.47 Å². The fraction of sp³-hybridized carbons (Fsp3) is 0.211. The molecule has 23 heavy (non-hydrogen) atoms. The number of ether oxygens (including phenoxy) is 2. The number of hydrogen-bond acceptors (Lipinski definition) is 3. The predicted octanol–water partition coefficient (Wildman–Crippen LogP) is 5.20. The lowest BCUT2D eigenvalue weighted by Gasteiger charge is -2.09. The fourth-order valence-corrected chi connectivity index (χ4v) is 2.54. The Hall–Kier alpha value is -2.07. The zero-order chi connectivity index (χ0) is 16.8. The third-order valence-corrected chi connectivity index (χ3v) is 3.99. The third-order valence-electron chi connectivity index (χ3n) is 3.37. The number of methoxy groups -OCH3 is 1. The van der Waals surface area contributed by atoms with E-state index in [1.807, 2.05) is 36.4 Å². The van der Waals surface area contributed by atoms with Crippen molar-refractivity contribution in [3.63, 3.8) is 0 Å². The molecule has 2 aromatic carbocycles. The average molecular weight is 375 g/mol. The standard InChI is InChI=1S/C19H19BrO3/c1-13(2)15-8-10-18(16(20)12-15)23-19(21)11-9-14-6-4-5-7-17(14)22-3/h4-13H,1-3H3/b11-9+. The molecular weight excluding hydrogens is 356 g/mol. The summed E-state index contributed by atoms with van der Waals surface area (Å²) in [6.07, 6.45) is 3.07. The minimum Gasteiger partial charge on any atom is -0.496 e. The second-order valence-corrected chi connectivity index (χ2v) is 6.20. The number of rotatable bonds is 5. The predicted molar refractivity (Wildman–Crippen MR) is 95.9 cm³/mol. The number of esters is 1. The Kier molecular flexibility index (Phi) is 5.99. The third kappa shape index (κ3) is 4.70. The zero-order valence-corrected chi connectivity index (χ0v) is 15.0. The molecule has 0 N–H and O–H groups in total. The highest BCUT2D eigenvalue weighted by Gasteiger charge is 2.08. The van der Waals surface area contributed by atoms with Crippen LogP contribution in [0.5, 0.6) is 11.5 Å². The average Bonchev–Trinajstić information content (AvgIpc) is 2.54. The molecule has 0 amide bonds. The molecule has 2 rings (SSSR count).